The van der Waals surface area contributed by atoms with E-state index in [1.807, 2.05) is 0 Å². The first-order chi connectivity index (χ1) is 6.79. The van der Waals surface area contributed by atoms with Crippen molar-refractivity contribution in [3.8, 4) is 0 Å². The quantitative estimate of drug-likeness (QED) is 0.747. The Morgan fingerprint density at radius 2 is 2.29 bits per heavy atom. The SMILES string of the molecule is Cc1cccc(C2CCC(CO)N2)c1. The van der Waals surface area contributed by atoms with E-state index in [1.54, 1.807) is 0 Å². The van der Waals surface area contributed by atoms with Gasteiger partial charge in [0.15, 0.2) is 0 Å². The van der Waals surface area contributed by atoms with Gasteiger partial charge in [0.25, 0.3) is 0 Å². The van der Waals surface area contributed by atoms with Crippen LogP contribution in [0.15, 0.2) is 24.3 Å². The molecule has 2 N–H and O–H groups in total. The summed E-state index contributed by atoms with van der Waals surface area (Å²) < 4.78 is 0. The molecule has 2 heteroatoms. The molecule has 76 valence electrons. The summed E-state index contributed by atoms with van der Waals surface area (Å²) in [6.07, 6.45) is 2.21. The van der Waals surface area contributed by atoms with Gasteiger partial charge in [0.05, 0.1) is 6.61 Å². The lowest BCUT2D eigenvalue weighted by Crippen LogP contribution is -2.27. The molecular formula is C12H17NO. The van der Waals surface area contributed by atoms with Crippen LogP contribution >= 0.6 is 0 Å². The Morgan fingerprint density at radius 3 is 2.93 bits per heavy atom. The van der Waals surface area contributed by atoms with Crippen LogP contribution in [0.4, 0.5) is 0 Å². The fourth-order valence-electron chi connectivity index (χ4n) is 2.11. The number of rotatable bonds is 2. The first-order valence-electron chi connectivity index (χ1n) is 5.23. The van der Waals surface area contributed by atoms with Crippen molar-refractivity contribution in [2.45, 2.75) is 31.8 Å². The Morgan fingerprint density at radius 1 is 1.43 bits per heavy atom. The summed E-state index contributed by atoms with van der Waals surface area (Å²) in [6.45, 7) is 2.37. The highest BCUT2D eigenvalue weighted by molar-refractivity contribution is 5.25. The molecule has 1 fully saturated rings. The van der Waals surface area contributed by atoms with E-state index in [9.17, 15) is 0 Å². The summed E-state index contributed by atoms with van der Waals surface area (Å²) >= 11 is 0. The molecule has 2 unspecified atom stereocenters. The normalized spacial score (nSPS) is 26.7. The molecule has 0 aliphatic carbocycles. The Hall–Kier alpha value is -0.860. The van der Waals surface area contributed by atoms with Crippen LogP contribution in [0.25, 0.3) is 0 Å². The summed E-state index contributed by atoms with van der Waals surface area (Å²) in [5.74, 6) is 0. The zero-order chi connectivity index (χ0) is 9.97. The van der Waals surface area contributed by atoms with Gasteiger partial charge in [-0.25, -0.2) is 0 Å². The van der Waals surface area contributed by atoms with Gasteiger partial charge in [-0.2, -0.15) is 0 Å². The van der Waals surface area contributed by atoms with Crippen LogP contribution in [0.5, 0.6) is 0 Å². The number of aryl methyl sites for hydroxylation is 1. The van der Waals surface area contributed by atoms with Gasteiger partial charge >= 0.3 is 0 Å². The van der Waals surface area contributed by atoms with Crippen molar-refractivity contribution >= 4 is 0 Å². The number of hydrogen-bond acceptors (Lipinski definition) is 2. The van der Waals surface area contributed by atoms with Crippen LogP contribution in [0.3, 0.4) is 0 Å². The van der Waals surface area contributed by atoms with Crippen LogP contribution in [0.1, 0.15) is 30.0 Å². The van der Waals surface area contributed by atoms with E-state index in [0.717, 1.165) is 12.8 Å². The van der Waals surface area contributed by atoms with Crippen molar-refractivity contribution in [3.05, 3.63) is 35.4 Å². The molecule has 1 aliphatic heterocycles. The average molecular weight is 191 g/mol. The number of nitrogens with one attached hydrogen (secondary N) is 1. The predicted molar refractivity (Wildman–Crippen MR) is 57.2 cm³/mol. The Balaban J connectivity index is 2.09. The summed E-state index contributed by atoms with van der Waals surface area (Å²) in [5.41, 5.74) is 2.65. The highest BCUT2D eigenvalue weighted by Gasteiger charge is 2.23. The third-order valence-corrected chi connectivity index (χ3v) is 2.91. The number of aliphatic hydroxyl groups excluding tert-OH is 1. The van der Waals surface area contributed by atoms with E-state index in [0.29, 0.717) is 12.1 Å². The number of hydrogen-bond donors (Lipinski definition) is 2. The van der Waals surface area contributed by atoms with Gasteiger partial charge in [0, 0.05) is 12.1 Å². The van der Waals surface area contributed by atoms with Gasteiger partial charge in [0.1, 0.15) is 0 Å². The van der Waals surface area contributed by atoms with Crippen molar-refractivity contribution in [2.75, 3.05) is 6.61 Å². The van der Waals surface area contributed by atoms with Gasteiger partial charge < -0.3 is 10.4 Å². The van der Waals surface area contributed by atoms with Crippen molar-refractivity contribution in [1.29, 1.82) is 0 Å². The molecule has 1 aromatic carbocycles. The van der Waals surface area contributed by atoms with Crippen molar-refractivity contribution < 1.29 is 5.11 Å². The fourth-order valence-corrected chi connectivity index (χ4v) is 2.11. The maximum absolute atomic E-state index is 9.02. The van der Waals surface area contributed by atoms with Gasteiger partial charge in [-0.3, -0.25) is 0 Å². The van der Waals surface area contributed by atoms with E-state index < -0.39 is 0 Å². The van der Waals surface area contributed by atoms with E-state index in [4.69, 9.17) is 5.11 Å². The molecule has 0 radical (unpaired) electrons. The van der Waals surface area contributed by atoms with Crippen molar-refractivity contribution in [1.82, 2.24) is 5.32 Å². The topological polar surface area (TPSA) is 32.3 Å². The molecular weight excluding hydrogens is 174 g/mol. The van der Waals surface area contributed by atoms with Gasteiger partial charge in [-0.15, -0.1) is 0 Å². The van der Waals surface area contributed by atoms with Crippen molar-refractivity contribution in [2.24, 2.45) is 0 Å². The van der Waals surface area contributed by atoms with Crippen LogP contribution in [0, 0.1) is 6.92 Å². The van der Waals surface area contributed by atoms with Crippen LogP contribution in [-0.4, -0.2) is 17.8 Å². The maximum Gasteiger partial charge on any atom is 0.0584 e. The third kappa shape index (κ3) is 1.97. The minimum atomic E-state index is 0.252. The van der Waals surface area contributed by atoms with E-state index >= 15 is 0 Å². The van der Waals surface area contributed by atoms with E-state index in [1.165, 1.54) is 11.1 Å². The van der Waals surface area contributed by atoms with Crippen LogP contribution < -0.4 is 5.32 Å². The monoisotopic (exact) mass is 191 g/mol. The van der Waals surface area contributed by atoms with Crippen LogP contribution in [-0.2, 0) is 0 Å². The molecule has 0 aromatic heterocycles. The molecule has 2 nitrogen and oxygen atoms in total. The highest BCUT2D eigenvalue weighted by Crippen LogP contribution is 2.26. The average Bonchev–Trinajstić information content (AvgIpc) is 2.66. The minimum absolute atomic E-state index is 0.252. The summed E-state index contributed by atoms with van der Waals surface area (Å²) in [7, 11) is 0. The Labute approximate surface area is 85.0 Å². The zero-order valence-corrected chi connectivity index (χ0v) is 8.53. The smallest absolute Gasteiger partial charge is 0.0584 e. The molecule has 0 amide bonds. The molecule has 0 saturated carbocycles. The van der Waals surface area contributed by atoms with E-state index in [-0.39, 0.29) is 6.61 Å². The fraction of sp³-hybridized carbons (Fsp3) is 0.500. The molecule has 0 bridgehead atoms. The lowest BCUT2D eigenvalue weighted by Gasteiger charge is -2.13. The minimum Gasteiger partial charge on any atom is -0.395 e. The van der Waals surface area contributed by atoms with Gasteiger partial charge in [0.2, 0.25) is 0 Å². The standard InChI is InChI=1S/C12H17NO/c1-9-3-2-4-10(7-9)12-6-5-11(8-14)13-12/h2-4,7,11-14H,5-6,8H2,1H3. The lowest BCUT2D eigenvalue weighted by atomic mass is 10.0. The molecule has 1 aromatic rings. The molecule has 1 heterocycles. The number of benzene rings is 1. The van der Waals surface area contributed by atoms with E-state index in [2.05, 4.69) is 36.5 Å². The summed E-state index contributed by atoms with van der Waals surface area (Å²) in [5, 5.41) is 12.5. The van der Waals surface area contributed by atoms with Crippen LogP contribution in [0.2, 0.25) is 0 Å². The highest BCUT2D eigenvalue weighted by atomic mass is 16.3. The Kier molecular flexibility index (Phi) is 2.85. The second-order valence-corrected chi connectivity index (χ2v) is 4.09. The first-order valence-corrected chi connectivity index (χ1v) is 5.23. The zero-order valence-electron chi connectivity index (χ0n) is 8.53. The first kappa shape index (κ1) is 9.69. The molecule has 2 atom stereocenters. The molecule has 14 heavy (non-hydrogen) atoms. The second-order valence-electron chi connectivity index (χ2n) is 4.09. The summed E-state index contributed by atoms with van der Waals surface area (Å²) in [6, 6.07) is 9.31. The van der Waals surface area contributed by atoms with Gasteiger partial charge in [-0.05, 0) is 25.3 Å². The molecule has 0 spiro atoms. The molecule has 2 rings (SSSR count). The molecule has 1 saturated heterocycles. The Bertz CT molecular complexity index is 311. The lowest BCUT2D eigenvalue weighted by molar-refractivity contribution is 0.251. The maximum atomic E-state index is 9.02. The van der Waals surface area contributed by atoms with Crippen molar-refractivity contribution in [3.63, 3.8) is 0 Å². The second kappa shape index (κ2) is 4.11. The van der Waals surface area contributed by atoms with Gasteiger partial charge in [-0.1, -0.05) is 29.8 Å². The third-order valence-electron chi connectivity index (χ3n) is 2.91. The predicted octanol–water partition coefficient (Wildman–Crippen LogP) is 1.78. The largest absolute Gasteiger partial charge is 0.395 e. The number of aliphatic hydroxyl groups is 1. The molecule has 1 aliphatic rings. The summed E-state index contributed by atoms with van der Waals surface area (Å²) in [4.78, 5) is 0.